The topological polar surface area (TPSA) is 34.2 Å². The van der Waals surface area contributed by atoms with E-state index in [4.69, 9.17) is 14.2 Å². The first-order valence-corrected chi connectivity index (χ1v) is 8.12. The SMILES string of the molecule is C1=C(OCC2COCO2)N(c2ccccc2)N(c2ccccc2)C1. The summed E-state index contributed by atoms with van der Waals surface area (Å²) in [4.78, 5) is 0. The Kier molecular flexibility index (Phi) is 4.36. The van der Waals surface area contributed by atoms with Crippen LogP contribution in [0.15, 0.2) is 72.6 Å². The number of hydrogen-bond donors (Lipinski definition) is 0. The Labute approximate surface area is 141 Å². The minimum absolute atomic E-state index is 0.00528. The maximum absolute atomic E-state index is 6.05. The predicted octanol–water partition coefficient (Wildman–Crippen LogP) is 3.16. The van der Waals surface area contributed by atoms with Crippen molar-refractivity contribution in [3.8, 4) is 0 Å². The van der Waals surface area contributed by atoms with Gasteiger partial charge in [-0.1, -0.05) is 36.4 Å². The van der Waals surface area contributed by atoms with Gasteiger partial charge in [0.2, 0.25) is 5.88 Å². The molecule has 0 bridgehead atoms. The molecule has 1 fully saturated rings. The van der Waals surface area contributed by atoms with Crippen molar-refractivity contribution < 1.29 is 14.2 Å². The van der Waals surface area contributed by atoms with Gasteiger partial charge in [0.15, 0.2) is 0 Å². The smallest absolute Gasteiger partial charge is 0.211 e. The fourth-order valence-electron chi connectivity index (χ4n) is 2.88. The molecule has 2 aliphatic heterocycles. The van der Waals surface area contributed by atoms with Crippen molar-refractivity contribution in [1.29, 1.82) is 0 Å². The first kappa shape index (κ1) is 15.1. The van der Waals surface area contributed by atoms with Crippen molar-refractivity contribution >= 4 is 11.4 Å². The number of hydrazine groups is 1. The summed E-state index contributed by atoms with van der Waals surface area (Å²) in [5, 5.41) is 4.29. The lowest BCUT2D eigenvalue weighted by atomic mass is 10.3. The van der Waals surface area contributed by atoms with E-state index < -0.39 is 0 Å². The molecule has 2 aliphatic rings. The van der Waals surface area contributed by atoms with E-state index in [1.165, 1.54) is 0 Å². The zero-order valence-corrected chi connectivity index (χ0v) is 13.4. The highest BCUT2D eigenvalue weighted by molar-refractivity contribution is 5.63. The molecular formula is C19H20N2O3. The van der Waals surface area contributed by atoms with Crippen molar-refractivity contribution in [2.45, 2.75) is 6.10 Å². The molecule has 0 aliphatic carbocycles. The minimum Gasteiger partial charge on any atom is -0.475 e. The van der Waals surface area contributed by atoms with Gasteiger partial charge in [0.1, 0.15) is 19.5 Å². The van der Waals surface area contributed by atoms with Crippen molar-refractivity contribution in [2.75, 3.05) is 36.6 Å². The highest BCUT2D eigenvalue weighted by Gasteiger charge is 2.28. The first-order valence-electron chi connectivity index (χ1n) is 8.12. The molecule has 1 atom stereocenters. The largest absolute Gasteiger partial charge is 0.475 e. The molecule has 1 unspecified atom stereocenters. The van der Waals surface area contributed by atoms with Crippen LogP contribution in [0.4, 0.5) is 11.4 Å². The molecule has 124 valence electrons. The Hall–Kier alpha value is -2.50. The van der Waals surface area contributed by atoms with Gasteiger partial charge in [-0.25, -0.2) is 5.01 Å². The summed E-state index contributed by atoms with van der Waals surface area (Å²) in [6.07, 6.45) is 2.09. The van der Waals surface area contributed by atoms with Crippen LogP contribution in [0.25, 0.3) is 0 Å². The van der Waals surface area contributed by atoms with Gasteiger partial charge in [0.25, 0.3) is 0 Å². The molecule has 24 heavy (non-hydrogen) atoms. The molecule has 5 nitrogen and oxygen atoms in total. The molecule has 2 aromatic rings. The van der Waals surface area contributed by atoms with Crippen LogP contribution in [0, 0.1) is 0 Å². The van der Waals surface area contributed by atoms with Gasteiger partial charge in [-0.05, 0) is 30.3 Å². The monoisotopic (exact) mass is 324 g/mol. The number of rotatable bonds is 5. The molecule has 0 spiro atoms. The Balaban J connectivity index is 1.56. The third kappa shape index (κ3) is 3.09. The van der Waals surface area contributed by atoms with E-state index in [1.807, 2.05) is 36.4 Å². The maximum Gasteiger partial charge on any atom is 0.211 e. The highest BCUT2D eigenvalue weighted by Crippen LogP contribution is 2.31. The average molecular weight is 324 g/mol. The number of nitrogens with zero attached hydrogens (tertiary/aromatic N) is 2. The molecule has 0 N–H and O–H groups in total. The van der Waals surface area contributed by atoms with E-state index in [9.17, 15) is 0 Å². The van der Waals surface area contributed by atoms with Crippen LogP contribution in [-0.4, -0.2) is 32.7 Å². The van der Waals surface area contributed by atoms with Crippen molar-refractivity contribution in [3.63, 3.8) is 0 Å². The van der Waals surface area contributed by atoms with E-state index in [0.717, 1.165) is 23.8 Å². The van der Waals surface area contributed by atoms with Crippen LogP contribution in [-0.2, 0) is 14.2 Å². The van der Waals surface area contributed by atoms with Crippen LogP contribution in [0.2, 0.25) is 0 Å². The molecule has 0 aromatic heterocycles. The average Bonchev–Trinajstić information content (AvgIpc) is 3.31. The van der Waals surface area contributed by atoms with Gasteiger partial charge in [-0.2, -0.15) is 0 Å². The number of benzene rings is 2. The Morgan fingerprint density at radius 3 is 2.33 bits per heavy atom. The standard InChI is InChI=1S/C19H20N2O3/c1-3-7-16(8-4-1)20-12-11-19(23-14-18-13-22-15-24-18)21(20)17-9-5-2-6-10-17/h1-11,18H,12-15H2. The second kappa shape index (κ2) is 6.95. The molecular weight excluding hydrogens is 304 g/mol. The van der Waals surface area contributed by atoms with Crippen LogP contribution in [0.1, 0.15) is 0 Å². The number of para-hydroxylation sites is 2. The molecule has 0 radical (unpaired) electrons. The molecule has 2 heterocycles. The second-order valence-electron chi connectivity index (χ2n) is 5.70. The summed E-state index contributed by atoms with van der Waals surface area (Å²) in [5.41, 5.74) is 2.19. The maximum atomic E-state index is 6.05. The minimum atomic E-state index is -0.00528. The van der Waals surface area contributed by atoms with Crippen LogP contribution in [0.5, 0.6) is 0 Å². The Morgan fingerprint density at radius 1 is 0.958 bits per heavy atom. The number of ether oxygens (including phenoxy) is 3. The van der Waals surface area contributed by atoms with E-state index >= 15 is 0 Å². The first-order chi connectivity index (χ1) is 11.9. The van der Waals surface area contributed by atoms with Gasteiger partial charge in [-0.3, -0.25) is 5.01 Å². The van der Waals surface area contributed by atoms with E-state index in [1.54, 1.807) is 0 Å². The van der Waals surface area contributed by atoms with Crippen molar-refractivity contribution in [1.82, 2.24) is 0 Å². The summed E-state index contributed by atoms with van der Waals surface area (Å²) in [6.45, 7) is 2.18. The molecule has 2 aromatic carbocycles. The Bertz CT molecular complexity index is 684. The van der Waals surface area contributed by atoms with Gasteiger partial charge in [0.05, 0.1) is 24.5 Å². The highest BCUT2D eigenvalue weighted by atomic mass is 16.7. The molecule has 0 saturated carbocycles. The third-order valence-corrected chi connectivity index (χ3v) is 4.05. The van der Waals surface area contributed by atoms with Crippen molar-refractivity contribution in [2.24, 2.45) is 0 Å². The zero-order chi connectivity index (χ0) is 16.2. The van der Waals surface area contributed by atoms with Gasteiger partial charge < -0.3 is 14.2 Å². The number of anilines is 2. The lowest BCUT2D eigenvalue weighted by molar-refractivity contribution is 0.0200. The van der Waals surface area contributed by atoms with Gasteiger partial charge >= 0.3 is 0 Å². The van der Waals surface area contributed by atoms with Crippen LogP contribution >= 0.6 is 0 Å². The summed E-state index contributed by atoms with van der Waals surface area (Å²) in [6, 6.07) is 20.5. The summed E-state index contributed by atoms with van der Waals surface area (Å²) in [7, 11) is 0. The van der Waals surface area contributed by atoms with Crippen LogP contribution in [0.3, 0.4) is 0 Å². The normalized spacial score (nSPS) is 20.3. The predicted molar refractivity (Wildman–Crippen MR) is 92.4 cm³/mol. The lowest BCUT2D eigenvalue weighted by Gasteiger charge is -2.33. The zero-order valence-electron chi connectivity index (χ0n) is 13.4. The fraction of sp³-hybridized carbons (Fsp3) is 0.263. The molecule has 4 rings (SSSR count). The van der Waals surface area contributed by atoms with E-state index in [-0.39, 0.29) is 6.10 Å². The molecule has 1 saturated heterocycles. The summed E-state index contributed by atoms with van der Waals surface area (Å²) >= 11 is 0. The van der Waals surface area contributed by atoms with Gasteiger partial charge in [-0.15, -0.1) is 0 Å². The van der Waals surface area contributed by atoms with E-state index in [2.05, 4.69) is 40.4 Å². The lowest BCUT2D eigenvalue weighted by Crippen LogP contribution is -2.38. The van der Waals surface area contributed by atoms with Gasteiger partial charge in [0, 0.05) is 0 Å². The van der Waals surface area contributed by atoms with Crippen LogP contribution < -0.4 is 10.0 Å². The second-order valence-corrected chi connectivity index (χ2v) is 5.70. The van der Waals surface area contributed by atoms with Crippen molar-refractivity contribution in [3.05, 3.63) is 72.6 Å². The Morgan fingerprint density at radius 2 is 1.67 bits per heavy atom. The number of hydrogen-bond acceptors (Lipinski definition) is 5. The summed E-state index contributed by atoms with van der Waals surface area (Å²) < 4.78 is 16.7. The quantitative estimate of drug-likeness (QED) is 0.844. The molecule has 0 amide bonds. The summed E-state index contributed by atoms with van der Waals surface area (Å²) in [5.74, 6) is 0.820. The van der Waals surface area contributed by atoms with E-state index in [0.29, 0.717) is 20.0 Å². The fourth-order valence-corrected chi connectivity index (χ4v) is 2.88. The third-order valence-electron chi connectivity index (χ3n) is 4.05. The molecule has 5 heteroatoms.